The highest BCUT2D eigenvalue weighted by Gasteiger charge is 2.27. The number of phosphoric acid groups is 1. The molecule has 0 aromatic rings. The Morgan fingerprint density at radius 3 is 1.42 bits per heavy atom. The van der Waals surface area contributed by atoms with Crippen LogP contribution in [0.1, 0.15) is 187 Å². The fraction of sp³-hybridized carbons (Fsp3) is 0.755. The maximum Gasteiger partial charge on any atom is 0.472 e. The predicted molar refractivity (Wildman–Crippen MR) is 247 cm³/mol. The minimum Gasteiger partial charge on any atom is -0.462 e. The van der Waals surface area contributed by atoms with Gasteiger partial charge < -0.3 is 18.9 Å². The number of phosphoric ester groups is 1. The van der Waals surface area contributed by atoms with Gasteiger partial charge in [-0.15, -0.1) is 0 Å². The van der Waals surface area contributed by atoms with Crippen LogP contribution in [0.3, 0.4) is 0 Å². The number of unbranched alkanes of at least 4 members (excludes halogenated alkanes) is 18. The van der Waals surface area contributed by atoms with E-state index in [4.69, 9.17) is 18.5 Å². The summed E-state index contributed by atoms with van der Waals surface area (Å²) in [6.45, 7) is 4.25. The summed E-state index contributed by atoms with van der Waals surface area (Å²) in [5, 5.41) is 0. The van der Waals surface area contributed by atoms with Crippen LogP contribution in [0, 0.1) is 0 Å². The van der Waals surface area contributed by atoms with Crippen molar-refractivity contribution in [2.45, 2.75) is 193 Å². The summed E-state index contributed by atoms with van der Waals surface area (Å²) in [5.41, 5.74) is 0. The Labute approximate surface area is 362 Å². The van der Waals surface area contributed by atoms with Crippen LogP contribution in [-0.2, 0) is 32.7 Å². The molecular formula is C49H89NO8P+. The second kappa shape index (κ2) is 41.1. The molecule has 59 heavy (non-hydrogen) atoms. The maximum absolute atomic E-state index is 12.7. The average Bonchev–Trinajstić information content (AvgIpc) is 3.19. The van der Waals surface area contributed by atoms with Crippen LogP contribution in [0.5, 0.6) is 0 Å². The number of ether oxygens (including phenoxy) is 2. The first-order chi connectivity index (χ1) is 28.5. The fourth-order valence-corrected chi connectivity index (χ4v) is 6.91. The van der Waals surface area contributed by atoms with Gasteiger partial charge in [0.1, 0.15) is 19.8 Å². The molecule has 0 bridgehead atoms. The lowest BCUT2D eigenvalue weighted by atomic mass is 10.0. The normalized spacial score (nSPS) is 14.1. The highest BCUT2D eigenvalue weighted by molar-refractivity contribution is 7.47. The second-order valence-electron chi connectivity index (χ2n) is 16.8. The highest BCUT2D eigenvalue weighted by atomic mass is 31.2. The average molecular weight is 851 g/mol. The number of likely N-dealkylation sites (N-methyl/N-ethyl adjacent to an activating group) is 1. The first-order valence-electron chi connectivity index (χ1n) is 23.5. The Morgan fingerprint density at radius 1 is 0.542 bits per heavy atom. The zero-order chi connectivity index (χ0) is 43.6. The largest absolute Gasteiger partial charge is 0.472 e. The van der Waals surface area contributed by atoms with E-state index < -0.39 is 26.5 Å². The quantitative estimate of drug-likeness (QED) is 0.0213. The number of carbonyl (C=O) groups is 2. The molecule has 342 valence electrons. The SMILES string of the molecule is CC/C=C\C/C=C\C/C=C\C/C=C\C/C=C\CCCC(=O)OC(COC(=O)CCCCCCCCCCCCCCCCCCCC)COP(=O)(O)OCC[N+](C)(C)C. The second-order valence-corrected chi connectivity index (χ2v) is 18.2. The summed E-state index contributed by atoms with van der Waals surface area (Å²) in [7, 11) is 1.44. The molecule has 0 rings (SSSR count). The standard InChI is InChI=1S/C49H88NO8P/c1-6-8-10-12-14-16-18-20-22-24-26-27-29-31-33-35-37-39-41-48(51)55-45-47(46-57-59(53,54)56-44-43-50(3,4)5)58-49(52)42-40-38-36-34-32-30-28-25-23-21-19-17-15-13-11-9-7-2/h9,11,15,17,21,23,28,30,34,36,47H,6-8,10,12-14,16,18-20,22,24-27,29,31-33,35,37-46H2,1-5H3/p+1/b11-9-,17-15-,23-21-,30-28-,36-34-. The topological polar surface area (TPSA) is 108 Å². The number of rotatable bonds is 42. The molecule has 0 amide bonds. The molecule has 0 saturated carbocycles. The Bertz CT molecular complexity index is 1190. The molecule has 0 radical (unpaired) electrons. The molecule has 9 nitrogen and oxygen atoms in total. The summed E-state index contributed by atoms with van der Waals surface area (Å²) in [5.74, 6) is -0.864. The summed E-state index contributed by atoms with van der Waals surface area (Å²) >= 11 is 0. The Morgan fingerprint density at radius 2 is 0.966 bits per heavy atom. The minimum atomic E-state index is -4.39. The van der Waals surface area contributed by atoms with Crippen molar-refractivity contribution >= 4 is 19.8 Å². The molecule has 10 heteroatoms. The third kappa shape index (κ3) is 45.1. The summed E-state index contributed by atoms with van der Waals surface area (Å²) in [6, 6.07) is 0. The van der Waals surface area contributed by atoms with E-state index in [2.05, 4.69) is 68.5 Å². The number of hydrogen-bond donors (Lipinski definition) is 1. The lowest BCUT2D eigenvalue weighted by Crippen LogP contribution is -2.37. The molecule has 0 heterocycles. The smallest absolute Gasteiger partial charge is 0.462 e. The van der Waals surface area contributed by atoms with E-state index in [1.54, 1.807) is 0 Å². The van der Waals surface area contributed by atoms with Crippen molar-refractivity contribution in [3.8, 4) is 0 Å². The maximum atomic E-state index is 12.7. The van der Waals surface area contributed by atoms with Crippen molar-refractivity contribution < 1.29 is 42.1 Å². The fourth-order valence-electron chi connectivity index (χ4n) is 6.17. The summed E-state index contributed by atoms with van der Waals surface area (Å²) in [4.78, 5) is 35.4. The number of esters is 2. The van der Waals surface area contributed by atoms with Gasteiger partial charge in [0.15, 0.2) is 6.10 Å². The lowest BCUT2D eigenvalue weighted by Gasteiger charge is -2.24. The third-order valence-electron chi connectivity index (χ3n) is 9.81. The molecule has 0 aliphatic heterocycles. The van der Waals surface area contributed by atoms with Crippen molar-refractivity contribution in [3.63, 3.8) is 0 Å². The molecule has 2 unspecified atom stereocenters. The van der Waals surface area contributed by atoms with Crippen LogP contribution in [0.25, 0.3) is 0 Å². The Kier molecular flexibility index (Phi) is 39.5. The molecule has 0 aromatic heterocycles. The van der Waals surface area contributed by atoms with Crippen molar-refractivity contribution in [2.24, 2.45) is 0 Å². The van der Waals surface area contributed by atoms with E-state index in [1.165, 1.54) is 96.3 Å². The van der Waals surface area contributed by atoms with Crippen LogP contribution in [0.4, 0.5) is 0 Å². The van der Waals surface area contributed by atoms with Crippen molar-refractivity contribution in [3.05, 3.63) is 60.8 Å². The van der Waals surface area contributed by atoms with E-state index in [9.17, 15) is 19.0 Å². The van der Waals surface area contributed by atoms with Crippen molar-refractivity contribution in [1.82, 2.24) is 0 Å². The number of nitrogens with zero attached hydrogens (tertiary/aromatic N) is 1. The van der Waals surface area contributed by atoms with E-state index in [0.29, 0.717) is 23.9 Å². The first-order valence-corrected chi connectivity index (χ1v) is 25.0. The molecule has 0 spiro atoms. The number of quaternary nitrogens is 1. The number of carbonyl (C=O) groups excluding carboxylic acids is 2. The van der Waals surface area contributed by atoms with Gasteiger partial charge >= 0.3 is 19.8 Å². The van der Waals surface area contributed by atoms with Gasteiger partial charge in [-0.05, 0) is 51.4 Å². The van der Waals surface area contributed by atoms with Gasteiger partial charge in [0.05, 0.1) is 27.7 Å². The van der Waals surface area contributed by atoms with Gasteiger partial charge in [-0.25, -0.2) is 4.57 Å². The molecule has 0 aromatic carbocycles. The molecular weight excluding hydrogens is 762 g/mol. The van der Waals surface area contributed by atoms with Crippen LogP contribution in [-0.4, -0.2) is 74.9 Å². The van der Waals surface area contributed by atoms with E-state index in [0.717, 1.165) is 51.4 Å². The number of hydrogen-bond acceptors (Lipinski definition) is 7. The zero-order valence-corrected chi connectivity index (χ0v) is 39.4. The van der Waals surface area contributed by atoms with Crippen LogP contribution in [0.15, 0.2) is 60.8 Å². The van der Waals surface area contributed by atoms with Gasteiger partial charge in [0.2, 0.25) is 0 Å². The Hall–Kier alpha value is -2.29. The van der Waals surface area contributed by atoms with E-state index >= 15 is 0 Å². The minimum absolute atomic E-state index is 0.0198. The van der Waals surface area contributed by atoms with Gasteiger partial charge in [0.25, 0.3) is 0 Å². The molecule has 0 aliphatic rings. The first kappa shape index (κ1) is 56.7. The van der Waals surface area contributed by atoms with Crippen molar-refractivity contribution in [1.29, 1.82) is 0 Å². The van der Waals surface area contributed by atoms with Crippen LogP contribution in [0.2, 0.25) is 0 Å². The molecule has 0 aliphatic carbocycles. The van der Waals surface area contributed by atoms with Crippen LogP contribution < -0.4 is 0 Å². The molecule has 0 saturated heterocycles. The van der Waals surface area contributed by atoms with E-state index in [1.807, 2.05) is 27.2 Å². The van der Waals surface area contributed by atoms with Gasteiger partial charge in [-0.1, -0.05) is 184 Å². The molecule has 1 N–H and O–H groups in total. The van der Waals surface area contributed by atoms with Crippen LogP contribution >= 0.6 is 7.82 Å². The molecule has 0 fully saturated rings. The monoisotopic (exact) mass is 851 g/mol. The Balaban J connectivity index is 4.39. The third-order valence-corrected chi connectivity index (χ3v) is 10.8. The predicted octanol–water partition coefficient (Wildman–Crippen LogP) is 13.6. The molecule has 2 atom stereocenters. The lowest BCUT2D eigenvalue weighted by molar-refractivity contribution is -0.870. The summed E-state index contributed by atoms with van der Waals surface area (Å²) < 4.78 is 34.3. The van der Waals surface area contributed by atoms with Gasteiger partial charge in [-0.2, -0.15) is 0 Å². The summed E-state index contributed by atoms with van der Waals surface area (Å²) in [6.07, 6.45) is 49.9. The van der Waals surface area contributed by atoms with Gasteiger partial charge in [-0.3, -0.25) is 18.6 Å². The highest BCUT2D eigenvalue weighted by Crippen LogP contribution is 2.43. The van der Waals surface area contributed by atoms with E-state index in [-0.39, 0.29) is 32.0 Å². The zero-order valence-electron chi connectivity index (χ0n) is 38.5. The van der Waals surface area contributed by atoms with Crippen molar-refractivity contribution in [2.75, 3.05) is 47.5 Å². The number of allylic oxidation sites excluding steroid dienone is 10. The van der Waals surface area contributed by atoms with Gasteiger partial charge in [0, 0.05) is 12.8 Å².